The molecule has 1 saturated heterocycles. The molecule has 1 fully saturated rings. The van der Waals surface area contributed by atoms with Gasteiger partial charge in [0.1, 0.15) is 12.2 Å². The maximum atomic E-state index is 11.6. The standard InChI is InChI=1S/C13H14N2O3/c14-7-6-13(17)9-15(10-13)12(16)18-8-11-4-2-1-3-5-11/h1-5,17H,6,8-10H2. The summed E-state index contributed by atoms with van der Waals surface area (Å²) in [5, 5.41) is 18.2. The summed E-state index contributed by atoms with van der Waals surface area (Å²) in [6.45, 7) is 0.537. The fourth-order valence-corrected chi connectivity index (χ4v) is 1.86. The molecule has 0 saturated carbocycles. The molecule has 0 aliphatic carbocycles. The first kappa shape index (κ1) is 12.4. The lowest BCUT2D eigenvalue weighted by Crippen LogP contribution is -2.63. The van der Waals surface area contributed by atoms with Gasteiger partial charge in [0.25, 0.3) is 0 Å². The summed E-state index contributed by atoms with van der Waals surface area (Å²) in [4.78, 5) is 13.0. The monoisotopic (exact) mass is 246 g/mol. The van der Waals surface area contributed by atoms with E-state index in [0.29, 0.717) is 0 Å². The number of carbonyl (C=O) groups excluding carboxylic acids is 1. The Morgan fingerprint density at radius 3 is 2.72 bits per heavy atom. The van der Waals surface area contributed by atoms with Gasteiger partial charge in [0.05, 0.1) is 25.6 Å². The lowest BCUT2D eigenvalue weighted by Gasteiger charge is -2.44. The highest BCUT2D eigenvalue weighted by atomic mass is 16.6. The number of rotatable bonds is 3. The van der Waals surface area contributed by atoms with Crippen molar-refractivity contribution in [3.63, 3.8) is 0 Å². The van der Waals surface area contributed by atoms with Crippen molar-refractivity contribution in [2.45, 2.75) is 18.6 Å². The van der Waals surface area contributed by atoms with Crippen molar-refractivity contribution in [3.8, 4) is 6.07 Å². The van der Waals surface area contributed by atoms with Crippen LogP contribution in [-0.2, 0) is 11.3 Å². The highest BCUT2D eigenvalue weighted by Crippen LogP contribution is 2.24. The van der Waals surface area contributed by atoms with E-state index < -0.39 is 11.7 Å². The van der Waals surface area contributed by atoms with E-state index in [1.54, 1.807) is 0 Å². The molecule has 0 aromatic heterocycles. The molecule has 94 valence electrons. The van der Waals surface area contributed by atoms with Crippen molar-refractivity contribution in [2.24, 2.45) is 0 Å². The molecular weight excluding hydrogens is 232 g/mol. The summed E-state index contributed by atoms with van der Waals surface area (Å²) in [5.74, 6) is 0. The molecule has 1 aliphatic rings. The lowest BCUT2D eigenvalue weighted by molar-refractivity contribution is -0.0857. The average Bonchev–Trinajstić information content (AvgIpc) is 2.34. The van der Waals surface area contributed by atoms with Gasteiger partial charge in [-0.25, -0.2) is 4.79 Å². The maximum absolute atomic E-state index is 11.6. The largest absolute Gasteiger partial charge is 0.445 e. The Morgan fingerprint density at radius 1 is 1.44 bits per heavy atom. The number of likely N-dealkylation sites (tertiary alicyclic amines) is 1. The van der Waals surface area contributed by atoms with E-state index in [0.717, 1.165) is 5.56 Å². The SMILES string of the molecule is N#CCC1(O)CN(C(=O)OCc2ccccc2)C1. The van der Waals surface area contributed by atoms with Gasteiger partial charge in [0.2, 0.25) is 0 Å². The minimum atomic E-state index is -1.06. The molecule has 0 radical (unpaired) electrons. The second-order valence-corrected chi connectivity index (χ2v) is 4.46. The highest BCUT2D eigenvalue weighted by Gasteiger charge is 2.44. The Balaban J connectivity index is 1.76. The molecule has 1 amide bonds. The van der Waals surface area contributed by atoms with Crippen LogP contribution in [0.3, 0.4) is 0 Å². The molecule has 1 aromatic rings. The third-order valence-electron chi connectivity index (χ3n) is 2.84. The van der Waals surface area contributed by atoms with E-state index in [9.17, 15) is 9.90 Å². The number of benzene rings is 1. The molecule has 5 heteroatoms. The molecule has 1 N–H and O–H groups in total. The van der Waals surface area contributed by atoms with Gasteiger partial charge in [-0.15, -0.1) is 0 Å². The number of amides is 1. The molecule has 0 atom stereocenters. The summed E-state index contributed by atoms with van der Waals surface area (Å²) >= 11 is 0. The van der Waals surface area contributed by atoms with E-state index in [2.05, 4.69) is 0 Å². The second kappa shape index (κ2) is 5.07. The van der Waals surface area contributed by atoms with Crippen molar-refractivity contribution >= 4 is 6.09 Å². The summed E-state index contributed by atoms with van der Waals surface area (Å²) in [6.07, 6.45) is -0.420. The number of hydrogen-bond donors (Lipinski definition) is 1. The van der Waals surface area contributed by atoms with Crippen molar-refractivity contribution in [2.75, 3.05) is 13.1 Å². The van der Waals surface area contributed by atoms with Gasteiger partial charge in [-0.1, -0.05) is 30.3 Å². The molecule has 1 aromatic carbocycles. The minimum Gasteiger partial charge on any atom is -0.445 e. The molecule has 0 unspecified atom stereocenters. The maximum Gasteiger partial charge on any atom is 0.410 e. The summed E-state index contributed by atoms with van der Waals surface area (Å²) in [7, 11) is 0. The number of ether oxygens (including phenoxy) is 1. The zero-order valence-electron chi connectivity index (χ0n) is 9.87. The second-order valence-electron chi connectivity index (χ2n) is 4.46. The van der Waals surface area contributed by atoms with Crippen LogP contribution in [0.4, 0.5) is 4.79 Å². The van der Waals surface area contributed by atoms with Crippen LogP contribution in [0.15, 0.2) is 30.3 Å². The highest BCUT2D eigenvalue weighted by molar-refractivity contribution is 5.69. The average molecular weight is 246 g/mol. The zero-order chi connectivity index (χ0) is 13.0. The Kier molecular flexibility index (Phi) is 3.49. The normalized spacial score (nSPS) is 16.6. The lowest BCUT2D eigenvalue weighted by atomic mass is 9.92. The predicted molar refractivity (Wildman–Crippen MR) is 63.4 cm³/mol. The van der Waals surface area contributed by atoms with E-state index in [4.69, 9.17) is 10.00 Å². The molecule has 0 bridgehead atoms. The van der Waals surface area contributed by atoms with Gasteiger partial charge in [0, 0.05) is 0 Å². The number of nitriles is 1. The Bertz CT molecular complexity index is 461. The van der Waals surface area contributed by atoms with Crippen LogP contribution in [0.2, 0.25) is 0 Å². The Labute approximate surface area is 105 Å². The molecule has 18 heavy (non-hydrogen) atoms. The first-order valence-corrected chi connectivity index (χ1v) is 5.68. The van der Waals surface area contributed by atoms with Crippen LogP contribution in [0.1, 0.15) is 12.0 Å². The molecule has 1 aliphatic heterocycles. The van der Waals surface area contributed by atoms with Crippen LogP contribution in [0.25, 0.3) is 0 Å². The van der Waals surface area contributed by atoms with Crippen LogP contribution in [0.5, 0.6) is 0 Å². The quantitative estimate of drug-likeness (QED) is 0.872. The number of aliphatic hydroxyl groups is 1. The van der Waals surface area contributed by atoms with Gasteiger partial charge in [0.15, 0.2) is 0 Å². The van der Waals surface area contributed by atoms with E-state index >= 15 is 0 Å². The fraction of sp³-hybridized carbons (Fsp3) is 0.385. The van der Waals surface area contributed by atoms with E-state index in [-0.39, 0.29) is 26.1 Å². The number of hydrogen-bond acceptors (Lipinski definition) is 4. The van der Waals surface area contributed by atoms with Gasteiger partial charge >= 0.3 is 6.09 Å². The topological polar surface area (TPSA) is 73.6 Å². The van der Waals surface area contributed by atoms with Crippen LogP contribution < -0.4 is 0 Å². The molecule has 5 nitrogen and oxygen atoms in total. The van der Waals surface area contributed by atoms with Crippen molar-refractivity contribution in [1.82, 2.24) is 4.90 Å². The summed E-state index contributed by atoms with van der Waals surface area (Å²) in [5.41, 5.74) is -0.140. The molecule has 2 rings (SSSR count). The first-order valence-electron chi connectivity index (χ1n) is 5.68. The van der Waals surface area contributed by atoms with E-state index in [1.165, 1.54) is 4.90 Å². The summed E-state index contributed by atoms with van der Waals surface area (Å²) in [6, 6.07) is 11.3. The third kappa shape index (κ3) is 2.79. The molecule has 0 spiro atoms. The molecular formula is C13H14N2O3. The van der Waals surface area contributed by atoms with E-state index in [1.807, 2.05) is 36.4 Å². The fourth-order valence-electron chi connectivity index (χ4n) is 1.86. The van der Waals surface area contributed by atoms with Gasteiger partial charge in [-0.05, 0) is 5.56 Å². The van der Waals surface area contributed by atoms with Gasteiger partial charge < -0.3 is 14.7 Å². The number of carbonyl (C=O) groups is 1. The number of nitrogens with zero attached hydrogens (tertiary/aromatic N) is 2. The third-order valence-corrected chi connectivity index (χ3v) is 2.84. The van der Waals surface area contributed by atoms with Crippen LogP contribution in [0, 0.1) is 11.3 Å². The zero-order valence-corrected chi connectivity index (χ0v) is 9.87. The van der Waals surface area contributed by atoms with Crippen molar-refractivity contribution in [3.05, 3.63) is 35.9 Å². The van der Waals surface area contributed by atoms with Crippen molar-refractivity contribution < 1.29 is 14.6 Å². The van der Waals surface area contributed by atoms with Crippen LogP contribution in [-0.4, -0.2) is 34.8 Å². The molecule has 1 heterocycles. The van der Waals surface area contributed by atoms with Crippen molar-refractivity contribution in [1.29, 1.82) is 5.26 Å². The van der Waals surface area contributed by atoms with Crippen LogP contribution >= 0.6 is 0 Å². The minimum absolute atomic E-state index is 0.0372. The Morgan fingerprint density at radius 2 is 2.11 bits per heavy atom. The summed E-state index contributed by atoms with van der Waals surface area (Å²) < 4.78 is 5.10. The predicted octanol–water partition coefficient (Wildman–Crippen LogP) is 1.28. The Hall–Kier alpha value is -2.06. The van der Waals surface area contributed by atoms with Gasteiger partial charge in [-0.3, -0.25) is 0 Å². The first-order chi connectivity index (χ1) is 8.63. The smallest absolute Gasteiger partial charge is 0.410 e. The number of β-amino-alcohol motifs (C(OH)–C–C–N with tert-alkyl or cyclic N) is 1. The van der Waals surface area contributed by atoms with Gasteiger partial charge in [-0.2, -0.15) is 5.26 Å².